The lowest BCUT2D eigenvalue weighted by Crippen LogP contribution is -2.46. The molecule has 0 spiro atoms. The lowest BCUT2D eigenvalue weighted by Gasteiger charge is -2.30. The van der Waals surface area contributed by atoms with Crippen molar-refractivity contribution in [2.24, 2.45) is 0 Å². The van der Waals surface area contributed by atoms with E-state index in [4.69, 9.17) is 4.74 Å². The van der Waals surface area contributed by atoms with Gasteiger partial charge in [-0.05, 0) is 35.0 Å². The van der Waals surface area contributed by atoms with E-state index in [2.05, 4.69) is 33.1 Å². The molecule has 4 rings (SSSR count). The molecule has 0 aliphatic carbocycles. The van der Waals surface area contributed by atoms with Crippen LogP contribution in [0.2, 0.25) is 0 Å². The van der Waals surface area contributed by atoms with Gasteiger partial charge in [-0.15, -0.1) is 22.7 Å². The fraction of sp³-hybridized carbons (Fsp3) is 0.318. The van der Waals surface area contributed by atoms with Crippen LogP contribution in [-0.4, -0.2) is 47.3 Å². The van der Waals surface area contributed by atoms with Crippen molar-refractivity contribution in [3.8, 4) is 0 Å². The van der Waals surface area contributed by atoms with E-state index < -0.39 is 12.2 Å². The van der Waals surface area contributed by atoms with Gasteiger partial charge < -0.3 is 15.2 Å². The van der Waals surface area contributed by atoms with Gasteiger partial charge in [-0.1, -0.05) is 30.3 Å². The maximum atomic E-state index is 12.3. The number of nitrogens with one attached hydrogen (secondary N) is 1. The Kier molecular flexibility index (Phi) is 6.74. The first-order chi connectivity index (χ1) is 14.2. The van der Waals surface area contributed by atoms with Crippen LogP contribution in [0.4, 0.5) is 0 Å². The highest BCUT2D eigenvalue weighted by molar-refractivity contribution is 7.10. The molecule has 0 unspecified atom stereocenters. The molecule has 7 heteroatoms. The quantitative estimate of drug-likeness (QED) is 0.578. The molecule has 0 saturated carbocycles. The average molecular weight is 429 g/mol. The Labute approximate surface area is 178 Å². The largest absolute Gasteiger partial charge is 0.389 e. The van der Waals surface area contributed by atoms with E-state index in [1.807, 2.05) is 30.3 Å². The van der Waals surface area contributed by atoms with Gasteiger partial charge in [0.2, 0.25) is 0 Å². The molecule has 1 saturated heterocycles. The van der Waals surface area contributed by atoms with Crippen molar-refractivity contribution < 1.29 is 14.6 Å². The molecule has 1 amide bonds. The Balaban J connectivity index is 1.39. The van der Waals surface area contributed by atoms with Crippen LogP contribution in [0.25, 0.3) is 0 Å². The van der Waals surface area contributed by atoms with Crippen LogP contribution in [-0.2, 0) is 17.8 Å². The van der Waals surface area contributed by atoms with E-state index in [-0.39, 0.29) is 18.5 Å². The van der Waals surface area contributed by atoms with Crippen LogP contribution in [0, 0.1) is 0 Å². The Morgan fingerprint density at radius 3 is 2.28 bits per heavy atom. The van der Waals surface area contributed by atoms with Crippen LogP contribution in [0.5, 0.6) is 0 Å². The van der Waals surface area contributed by atoms with E-state index >= 15 is 0 Å². The second-order valence-electron chi connectivity index (χ2n) is 7.07. The first kappa shape index (κ1) is 20.3. The molecule has 3 heterocycles. The van der Waals surface area contributed by atoms with Gasteiger partial charge in [0.15, 0.2) is 0 Å². The number of amides is 1. The molecule has 2 N–H and O–H groups in total. The van der Waals surface area contributed by atoms with Crippen molar-refractivity contribution in [3.05, 3.63) is 80.7 Å². The number of carbonyl (C=O) groups excluding carboxylic acids is 1. The van der Waals surface area contributed by atoms with Crippen molar-refractivity contribution in [1.82, 2.24) is 10.2 Å². The molecule has 29 heavy (non-hydrogen) atoms. The fourth-order valence-corrected chi connectivity index (χ4v) is 5.01. The van der Waals surface area contributed by atoms with Gasteiger partial charge in [-0.2, -0.15) is 0 Å². The molecule has 1 fully saturated rings. The Hall–Kier alpha value is -2.03. The molecule has 5 nitrogen and oxygen atoms in total. The topological polar surface area (TPSA) is 61.8 Å². The molecule has 1 aliphatic heterocycles. The minimum Gasteiger partial charge on any atom is -0.389 e. The van der Waals surface area contributed by atoms with Crippen molar-refractivity contribution in [2.45, 2.75) is 31.3 Å². The maximum absolute atomic E-state index is 12.3. The Morgan fingerprint density at radius 2 is 1.69 bits per heavy atom. The number of rotatable bonds is 8. The summed E-state index contributed by atoms with van der Waals surface area (Å²) in [5, 5.41) is 18.0. The highest BCUT2D eigenvalue weighted by Crippen LogP contribution is 2.25. The lowest BCUT2D eigenvalue weighted by molar-refractivity contribution is 0.0303. The summed E-state index contributed by atoms with van der Waals surface area (Å²) in [5.74, 6) is -0.154. The third-order valence-corrected chi connectivity index (χ3v) is 6.83. The van der Waals surface area contributed by atoms with Crippen LogP contribution in [0.3, 0.4) is 0 Å². The summed E-state index contributed by atoms with van der Waals surface area (Å²) < 4.78 is 5.88. The van der Waals surface area contributed by atoms with Gasteiger partial charge in [-0.3, -0.25) is 9.69 Å². The van der Waals surface area contributed by atoms with Crippen LogP contribution >= 0.6 is 22.7 Å². The number of hydrogen-bond acceptors (Lipinski definition) is 6. The minimum atomic E-state index is -0.661. The van der Waals surface area contributed by atoms with Crippen molar-refractivity contribution in [3.63, 3.8) is 0 Å². The van der Waals surface area contributed by atoms with E-state index in [0.717, 1.165) is 13.1 Å². The maximum Gasteiger partial charge on any atom is 0.251 e. The zero-order valence-corrected chi connectivity index (χ0v) is 17.6. The molecule has 1 aliphatic rings. The molecule has 3 aromatic rings. The Morgan fingerprint density at radius 1 is 1.03 bits per heavy atom. The number of benzene rings is 1. The molecule has 1 aromatic carbocycles. The summed E-state index contributed by atoms with van der Waals surface area (Å²) in [7, 11) is 0. The smallest absolute Gasteiger partial charge is 0.251 e. The Bertz CT molecular complexity index is 848. The molecule has 0 bridgehead atoms. The minimum absolute atomic E-state index is 0.113. The van der Waals surface area contributed by atoms with E-state index in [1.54, 1.807) is 34.8 Å². The molecule has 152 valence electrons. The van der Waals surface area contributed by atoms with Gasteiger partial charge >= 0.3 is 0 Å². The predicted octanol–water partition coefficient (Wildman–Crippen LogP) is 3.37. The molecular weight excluding hydrogens is 404 g/mol. The molecule has 2 aromatic heterocycles. The first-order valence-corrected chi connectivity index (χ1v) is 11.4. The average Bonchev–Trinajstić information content (AvgIpc) is 3.50. The number of ether oxygens (including phenoxy) is 1. The summed E-state index contributed by atoms with van der Waals surface area (Å²) >= 11 is 3.44. The van der Waals surface area contributed by atoms with Crippen LogP contribution < -0.4 is 5.32 Å². The highest BCUT2D eigenvalue weighted by Gasteiger charge is 2.39. The summed E-state index contributed by atoms with van der Waals surface area (Å²) in [6, 6.07) is 17.3. The predicted molar refractivity (Wildman–Crippen MR) is 116 cm³/mol. The normalized spacial score (nSPS) is 21.5. The van der Waals surface area contributed by atoms with Gasteiger partial charge in [0.25, 0.3) is 5.91 Å². The number of aliphatic hydroxyl groups excluding tert-OH is 1. The number of aliphatic hydroxyl groups is 1. The summed E-state index contributed by atoms with van der Waals surface area (Å²) in [6.45, 7) is 2.27. The number of thiophene rings is 2. The second-order valence-corrected chi connectivity index (χ2v) is 9.13. The number of hydrogen-bond donors (Lipinski definition) is 2. The molecule has 3 atom stereocenters. The SMILES string of the molecule is O=C(NC[C@H]1OC[C@@H](N(Cc2cccs2)Cc2cccs2)[C@@H]1O)c1ccccc1. The van der Waals surface area contributed by atoms with Crippen molar-refractivity contribution >= 4 is 28.6 Å². The standard InChI is InChI=1S/C22H24N2O3S2/c25-21-19(15-27-20(21)12-23-22(26)16-6-2-1-3-7-16)24(13-17-8-4-10-28-17)14-18-9-5-11-29-18/h1-11,19-21,25H,12-15H2,(H,23,26)/t19-,20-,21+/m1/s1. The van der Waals surface area contributed by atoms with Crippen molar-refractivity contribution in [2.75, 3.05) is 13.2 Å². The summed E-state index contributed by atoms with van der Waals surface area (Å²) in [5.41, 5.74) is 0.605. The number of carbonyl (C=O) groups is 1. The fourth-order valence-electron chi connectivity index (χ4n) is 3.55. The van der Waals surface area contributed by atoms with Gasteiger partial charge in [0.05, 0.1) is 18.8 Å². The zero-order valence-electron chi connectivity index (χ0n) is 15.9. The van der Waals surface area contributed by atoms with Gasteiger partial charge in [-0.25, -0.2) is 0 Å². The molecular formula is C22H24N2O3S2. The second kappa shape index (κ2) is 9.65. The highest BCUT2D eigenvalue weighted by atomic mass is 32.1. The van der Waals surface area contributed by atoms with Crippen molar-refractivity contribution in [1.29, 1.82) is 0 Å². The van der Waals surface area contributed by atoms with Gasteiger partial charge in [0.1, 0.15) is 6.10 Å². The third-order valence-electron chi connectivity index (χ3n) is 5.10. The monoisotopic (exact) mass is 428 g/mol. The van der Waals surface area contributed by atoms with Crippen LogP contribution in [0.1, 0.15) is 20.1 Å². The van der Waals surface area contributed by atoms with E-state index in [9.17, 15) is 9.90 Å². The first-order valence-electron chi connectivity index (χ1n) is 9.62. The number of nitrogens with zero attached hydrogens (tertiary/aromatic N) is 1. The van der Waals surface area contributed by atoms with Gasteiger partial charge in [0, 0.05) is 35.0 Å². The van der Waals surface area contributed by atoms with E-state index in [0.29, 0.717) is 12.2 Å². The summed E-state index contributed by atoms with van der Waals surface area (Å²) in [4.78, 5) is 17.1. The molecule has 0 radical (unpaired) electrons. The third kappa shape index (κ3) is 5.12. The van der Waals surface area contributed by atoms with Crippen LogP contribution in [0.15, 0.2) is 65.4 Å². The zero-order chi connectivity index (χ0) is 20.1. The summed E-state index contributed by atoms with van der Waals surface area (Å²) in [6.07, 6.45) is -1.08. The van der Waals surface area contributed by atoms with E-state index in [1.165, 1.54) is 9.75 Å². The lowest BCUT2D eigenvalue weighted by atomic mass is 10.1.